The maximum absolute atomic E-state index is 12.5. The number of allylic oxidation sites excluding steroid dienone is 2. The first-order valence-corrected chi connectivity index (χ1v) is 6.78. The van der Waals surface area contributed by atoms with Gasteiger partial charge in [-0.1, -0.05) is 12.2 Å². The van der Waals surface area contributed by atoms with Crippen LogP contribution in [0.3, 0.4) is 0 Å². The zero-order chi connectivity index (χ0) is 14.0. The first-order valence-electron chi connectivity index (χ1n) is 6.78. The van der Waals surface area contributed by atoms with E-state index in [4.69, 9.17) is 4.74 Å². The lowest BCUT2D eigenvalue weighted by Crippen LogP contribution is -2.46. The van der Waals surface area contributed by atoms with Gasteiger partial charge in [0, 0.05) is 13.7 Å². The molecule has 0 aromatic heterocycles. The Morgan fingerprint density at radius 2 is 1.89 bits per heavy atom. The molecule has 2 rings (SSSR count). The summed E-state index contributed by atoms with van der Waals surface area (Å²) in [7, 11) is 1.76. The highest BCUT2D eigenvalue weighted by Crippen LogP contribution is 2.29. The Kier molecular flexibility index (Phi) is 4.24. The molecule has 1 N–H and O–H groups in total. The Morgan fingerprint density at radius 1 is 1.26 bits per heavy atom. The molecule has 4 atom stereocenters. The van der Waals surface area contributed by atoms with Crippen LogP contribution in [0.1, 0.15) is 26.2 Å². The van der Waals surface area contributed by atoms with Crippen molar-refractivity contribution in [1.29, 1.82) is 0 Å². The largest absolute Gasteiger partial charge is 0.481 e. The van der Waals surface area contributed by atoms with Gasteiger partial charge >= 0.3 is 5.97 Å². The van der Waals surface area contributed by atoms with Gasteiger partial charge in [-0.2, -0.15) is 0 Å². The van der Waals surface area contributed by atoms with Gasteiger partial charge in [-0.15, -0.1) is 0 Å². The molecule has 1 aliphatic heterocycles. The SMILES string of the molecule is CC1OCCC1N(C)C(=O)[C@@H]1CC=CC[C@@H]1C(=O)O. The van der Waals surface area contributed by atoms with Crippen molar-refractivity contribution in [2.75, 3.05) is 13.7 Å². The average molecular weight is 267 g/mol. The van der Waals surface area contributed by atoms with Crippen molar-refractivity contribution in [2.24, 2.45) is 11.8 Å². The molecule has 0 saturated carbocycles. The molecule has 0 aromatic rings. The van der Waals surface area contributed by atoms with Crippen molar-refractivity contribution in [3.05, 3.63) is 12.2 Å². The quantitative estimate of drug-likeness (QED) is 0.782. The van der Waals surface area contributed by atoms with E-state index in [1.807, 2.05) is 19.1 Å². The molecule has 1 saturated heterocycles. The summed E-state index contributed by atoms with van der Waals surface area (Å²) in [5.41, 5.74) is 0. The van der Waals surface area contributed by atoms with Crippen molar-refractivity contribution >= 4 is 11.9 Å². The van der Waals surface area contributed by atoms with Crippen LogP contribution in [0.25, 0.3) is 0 Å². The van der Waals surface area contributed by atoms with E-state index in [9.17, 15) is 14.7 Å². The fourth-order valence-corrected chi connectivity index (χ4v) is 3.01. The molecule has 0 spiro atoms. The number of aliphatic carboxylic acids is 1. The van der Waals surface area contributed by atoms with Crippen molar-refractivity contribution in [1.82, 2.24) is 4.90 Å². The van der Waals surface area contributed by atoms with Gasteiger partial charge in [0.2, 0.25) is 5.91 Å². The standard InChI is InChI=1S/C14H21NO4/c1-9-12(7-8-19-9)15(2)13(16)10-5-3-4-6-11(10)14(17)18/h3-4,9-12H,5-8H2,1-2H3,(H,17,18)/t9?,10-,11+,12?/m1/s1. The third-order valence-corrected chi connectivity index (χ3v) is 4.25. The molecule has 2 unspecified atom stereocenters. The molecule has 1 fully saturated rings. The van der Waals surface area contributed by atoms with Crippen LogP contribution in [0.15, 0.2) is 12.2 Å². The van der Waals surface area contributed by atoms with Gasteiger partial charge in [0.25, 0.3) is 0 Å². The minimum Gasteiger partial charge on any atom is -0.481 e. The monoisotopic (exact) mass is 267 g/mol. The fraction of sp³-hybridized carbons (Fsp3) is 0.714. The number of ether oxygens (including phenoxy) is 1. The van der Waals surface area contributed by atoms with Gasteiger partial charge in [0.1, 0.15) is 0 Å². The maximum Gasteiger partial charge on any atom is 0.307 e. The van der Waals surface area contributed by atoms with E-state index in [0.717, 1.165) is 6.42 Å². The van der Waals surface area contributed by atoms with Gasteiger partial charge in [-0.05, 0) is 26.2 Å². The van der Waals surface area contributed by atoms with Gasteiger partial charge in [0.15, 0.2) is 0 Å². The molecule has 1 amide bonds. The number of amides is 1. The van der Waals surface area contributed by atoms with Crippen LogP contribution in [-0.4, -0.2) is 47.7 Å². The molecular weight excluding hydrogens is 246 g/mol. The van der Waals surface area contributed by atoms with Crippen LogP contribution in [0.5, 0.6) is 0 Å². The minimum atomic E-state index is -0.883. The second kappa shape index (κ2) is 5.74. The lowest BCUT2D eigenvalue weighted by Gasteiger charge is -2.33. The molecule has 5 heteroatoms. The van der Waals surface area contributed by atoms with Gasteiger partial charge in [-0.3, -0.25) is 9.59 Å². The number of hydrogen-bond acceptors (Lipinski definition) is 3. The van der Waals surface area contributed by atoms with Crippen LogP contribution < -0.4 is 0 Å². The zero-order valence-electron chi connectivity index (χ0n) is 11.4. The highest BCUT2D eigenvalue weighted by molar-refractivity contribution is 5.85. The summed E-state index contributed by atoms with van der Waals surface area (Å²) < 4.78 is 5.47. The lowest BCUT2D eigenvalue weighted by molar-refractivity contribution is -0.151. The summed E-state index contributed by atoms with van der Waals surface area (Å²) in [6.07, 6.45) is 5.56. The predicted molar refractivity (Wildman–Crippen MR) is 69.6 cm³/mol. The molecule has 5 nitrogen and oxygen atoms in total. The molecule has 2 aliphatic rings. The molecule has 19 heavy (non-hydrogen) atoms. The number of likely N-dealkylation sites (N-methyl/N-ethyl adjacent to an activating group) is 1. The summed E-state index contributed by atoms with van der Waals surface area (Å²) >= 11 is 0. The summed E-state index contributed by atoms with van der Waals surface area (Å²) in [5, 5.41) is 9.23. The van der Waals surface area contributed by atoms with E-state index in [1.54, 1.807) is 11.9 Å². The molecule has 0 bridgehead atoms. The highest BCUT2D eigenvalue weighted by atomic mass is 16.5. The van der Waals surface area contributed by atoms with E-state index < -0.39 is 17.8 Å². The lowest BCUT2D eigenvalue weighted by atomic mass is 9.82. The number of nitrogens with zero attached hydrogens (tertiary/aromatic N) is 1. The number of carbonyl (C=O) groups is 2. The van der Waals surface area contributed by atoms with Gasteiger partial charge < -0.3 is 14.7 Å². The molecule has 0 aromatic carbocycles. The van der Waals surface area contributed by atoms with E-state index in [1.165, 1.54) is 0 Å². The van der Waals surface area contributed by atoms with Crippen molar-refractivity contribution < 1.29 is 19.4 Å². The van der Waals surface area contributed by atoms with Crippen LogP contribution in [0.4, 0.5) is 0 Å². The molecular formula is C14H21NO4. The maximum atomic E-state index is 12.5. The average Bonchev–Trinajstić information content (AvgIpc) is 2.83. The third kappa shape index (κ3) is 2.81. The van der Waals surface area contributed by atoms with Crippen LogP contribution >= 0.6 is 0 Å². The van der Waals surface area contributed by atoms with E-state index in [0.29, 0.717) is 19.4 Å². The first-order chi connectivity index (χ1) is 9.02. The Hall–Kier alpha value is -1.36. The van der Waals surface area contributed by atoms with Crippen LogP contribution in [-0.2, 0) is 14.3 Å². The highest BCUT2D eigenvalue weighted by Gasteiger charge is 2.39. The van der Waals surface area contributed by atoms with Crippen molar-refractivity contribution in [3.63, 3.8) is 0 Å². The van der Waals surface area contributed by atoms with E-state index in [-0.39, 0.29) is 18.1 Å². The Bertz CT molecular complexity index is 393. The predicted octanol–water partition coefficient (Wildman–Crippen LogP) is 1.29. The van der Waals surface area contributed by atoms with Crippen LogP contribution in [0, 0.1) is 11.8 Å². The molecule has 0 radical (unpaired) electrons. The second-order valence-corrected chi connectivity index (χ2v) is 5.38. The smallest absolute Gasteiger partial charge is 0.307 e. The number of rotatable bonds is 3. The topological polar surface area (TPSA) is 66.8 Å². The summed E-state index contributed by atoms with van der Waals surface area (Å²) in [6.45, 7) is 2.62. The van der Waals surface area contributed by atoms with Gasteiger partial charge in [-0.25, -0.2) is 0 Å². The van der Waals surface area contributed by atoms with Crippen molar-refractivity contribution in [2.45, 2.75) is 38.3 Å². The second-order valence-electron chi connectivity index (χ2n) is 5.38. The van der Waals surface area contributed by atoms with E-state index >= 15 is 0 Å². The number of carboxylic acid groups (broad SMARTS) is 1. The van der Waals surface area contributed by atoms with Gasteiger partial charge in [0.05, 0.1) is 24.0 Å². The van der Waals surface area contributed by atoms with Crippen LogP contribution in [0.2, 0.25) is 0 Å². The number of hydrogen-bond donors (Lipinski definition) is 1. The zero-order valence-corrected chi connectivity index (χ0v) is 11.4. The summed E-state index contributed by atoms with van der Waals surface area (Å²) in [5.74, 6) is -2.00. The minimum absolute atomic E-state index is 0.0244. The number of carbonyl (C=O) groups excluding carboxylic acids is 1. The van der Waals surface area contributed by atoms with E-state index in [2.05, 4.69) is 0 Å². The first kappa shape index (κ1) is 14.1. The Labute approximate surface area is 113 Å². The molecule has 106 valence electrons. The Balaban J connectivity index is 2.09. The Morgan fingerprint density at radius 3 is 2.42 bits per heavy atom. The normalized spacial score (nSPS) is 34.2. The third-order valence-electron chi connectivity index (χ3n) is 4.25. The summed E-state index contributed by atoms with van der Waals surface area (Å²) in [6, 6.07) is 0.0628. The molecule has 1 aliphatic carbocycles. The van der Waals surface area contributed by atoms with Crippen molar-refractivity contribution in [3.8, 4) is 0 Å². The number of carboxylic acids is 1. The fourth-order valence-electron chi connectivity index (χ4n) is 3.01. The summed E-state index contributed by atoms with van der Waals surface area (Å²) in [4.78, 5) is 25.5. The molecule has 1 heterocycles.